The van der Waals surface area contributed by atoms with Crippen LogP contribution in [0.2, 0.25) is 0 Å². The Morgan fingerprint density at radius 1 is 1.15 bits per heavy atom. The molecule has 3 unspecified atom stereocenters. The van der Waals surface area contributed by atoms with Crippen molar-refractivity contribution in [3.63, 3.8) is 0 Å². The van der Waals surface area contributed by atoms with Gasteiger partial charge in [0, 0.05) is 17.8 Å². The third kappa shape index (κ3) is 3.78. The van der Waals surface area contributed by atoms with Crippen molar-refractivity contribution in [1.82, 2.24) is 20.5 Å². The fourth-order valence-electron chi connectivity index (χ4n) is 3.61. The average molecular weight is 407 g/mol. The van der Waals surface area contributed by atoms with Crippen LogP contribution in [-0.4, -0.2) is 37.4 Å². The number of hydrogen-bond donors (Lipinski definition) is 3. The van der Waals surface area contributed by atoms with E-state index in [2.05, 4.69) is 22.2 Å². The summed E-state index contributed by atoms with van der Waals surface area (Å²) in [5.41, 5.74) is 6.28. The second kappa shape index (κ2) is 7.69. The van der Waals surface area contributed by atoms with Crippen LogP contribution in [0, 0.1) is 0 Å². The van der Waals surface area contributed by atoms with Crippen LogP contribution in [0.25, 0.3) is 0 Å². The highest BCUT2D eigenvalue weighted by molar-refractivity contribution is 7.89. The third-order valence-electron chi connectivity index (χ3n) is 4.96. The summed E-state index contributed by atoms with van der Waals surface area (Å²) in [6.45, 7) is 0.365. The van der Waals surface area contributed by atoms with Gasteiger partial charge in [-0.2, -0.15) is 4.31 Å². The molecule has 2 aliphatic rings. The summed E-state index contributed by atoms with van der Waals surface area (Å²) in [5.74, 6) is -0.252. The zero-order valence-corrected chi connectivity index (χ0v) is 16.3. The number of nitrogens with zero attached hydrogens (tertiary/aromatic N) is 1. The summed E-state index contributed by atoms with van der Waals surface area (Å²) >= 11 is 1.67. The molecule has 1 aromatic carbocycles. The molecule has 2 fully saturated rings. The molecule has 0 radical (unpaired) electrons. The lowest BCUT2D eigenvalue weighted by Gasteiger charge is -2.24. The summed E-state index contributed by atoms with van der Waals surface area (Å²) in [6.07, 6.45) is 1.70. The fraction of sp³-hybridized carbons (Fsp3) is 0.389. The number of sulfonamides is 1. The predicted octanol–water partition coefficient (Wildman–Crippen LogP) is 1.58. The van der Waals surface area contributed by atoms with Gasteiger partial charge in [-0.15, -0.1) is 11.3 Å². The van der Waals surface area contributed by atoms with E-state index in [1.54, 1.807) is 41.7 Å². The molecule has 0 saturated carbocycles. The highest BCUT2D eigenvalue weighted by atomic mass is 32.2. The van der Waals surface area contributed by atoms with E-state index in [1.165, 1.54) is 9.18 Å². The van der Waals surface area contributed by atoms with Gasteiger partial charge in [-0.3, -0.25) is 4.79 Å². The van der Waals surface area contributed by atoms with Gasteiger partial charge >= 0.3 is 0 Å². The van der Waals surface area contributed by atoms with Gasteiger partial charge in [0.2, 0.25) is 15.9 Å². The molecule has 1 aromatic heterocycles. The molecule has 3 N–H and O–H groups in total. The van der Waals surface area contributed by atoms with Gasteiger partial charge in [0.05, 0.1) is 17.1 Å². The number of carbonyl (C=O) groups excluding carboxylic acids is 1. The molecule has 9 heteroatoms. The minimum absolute atomic E-state index is 0.142. The van der Waals surface area contributed by atoms with E-state index in [0.717, 1.165) is 0 Å². The van der Waals surface area contributed by atoms with Crippen LogP contribution in [0.1, 0.15) is 30.2 Å². The average Bonchev–Trinajstić information content (AvgIpc) is 3.42. The van der Waals surface area contributed by atoms with Gasteiger partial charge in [-0.1, -0.05) is 24.3 Å². The highest BCUT2D eigenvalue weighted by Crippen LogP contribution is 2.28. The van der Waals surface area contributed by atoms with Gasteiger partial charge in [0.1, 0.15) is 6.04 Å². The number of benzene rings is 1. The fourth-order valence-corrected chi connectivity index (χ4v) is 6.08. The molecule has 144 valence electrons. The maximum absolute atomic E-state index is 12.9. The number of nitrogens with one attached hydrogen (secondary N) is 3. The maximum atomic E-state index is 12.9. The standard InChI is InChI=1S/C18H22N4O3S2/c23-18(19-17-12-14(20-21-17)16-9-5-11-26-16)15-8-4-10-22(15)27(24,25)13-6-2-1-3-7-13/h1-3,5-7,9,11,14-15,17,20-21H,4,8,10,12H2,(H,19,23). The van der Waals surface area contributed by atoms with Crippen molar-refractivity contribution in [3.8, 4) is 0 Å². The Bertz CT molecular complexity index is 887. The van der Waals surface area contributed by atoms with Crippen LogP contribution >= 0.6 is 11.3 Å². The monoisotopic (exact) mass is 406 g/mol. The molecule has 3 atom stereocenters. The Morgan fingerprint density at radius 3 is 2.70 bits per heavy atom. The Hall–Kier alpha value is -1.78. The Balaban J connectivity index is 1.43. The van der Waals surface area contributed by atoms with E-state index in [9.17, 15) is 13.2 Å². The van der Waals surface area contributed by atoms with E-state index in [0.29, 0.717) is 25.8 Å². The highest BCUT2D eigenvalue weighted by Gasteiger charge is 2.40. The van der Waals surface area contributed by atoms with Crippen molar-refractivity contribution in [2.24, 2.45) is 0 Å². The summed E-state index contributed by atoms with van der Waals surface area (Å²) in [5, 5.41) is 4.97. The van der Waals surface area contributed by atoms with Crippen LogP contribution in [-0.2, 0) is 14.8 Å². The Morgan fingerprint density at radius 2 is 1.96 bits per heavy atom. The molecule has 2 saturated heterocycles. The molecule has 27 heavy (non-hydrogen) atoms. The van der Waals surface area contributed by atoms with E-state index in [-0.39, 0.29) is 23.0 Å². The summed E-state index contributed by atoms with van der Waals surface area (Å²) < 4.78 is 27.2. The number of carbonyl (C=O) groups is 1. The normalized spacial score (nSPS) is 26.3. The first-order chi connectivity index (χ1) is 13.1. The number of hydrogen-bond acceptors (Lipinski definition) is 6. The van der Waals surface area contributed by atoms with E-state index in [4.69, 9.17) is 0 Å². The smallest absolute Gasteiger partial charge is 0.243 e. The van der Waals surface area contributed by atoms with Gasteiger partial charge in [0.25, 0.3) is 0 Å². The molecule has 1 amide bonds. The van der Waals surface area contributed by atoms with Gasteiger partial charge in [-0.25, -0.2) is 19.3 Å². The molecule has 0 aliphatic carbocycles. The van der Waals surface area contributed by atoms with E-state index >= 15 is 0 Å². The number of amides is 1. The summed E-state index contributed by atoms with van der Waals surface area (Å²) in [7, 11) is -3.67. The molecular weight excluding hydrogens is 384 g/mol. The molecule has 0 bridgehead atoms. The van der Waals surface area contributed by atoms with Crippen molar-refractivity contribution in [1.29, 1.82) is 0 Å². The molecule has 2 aromatic rings. The second-order valence-electron chi connectivity index (χ2n) is 6.74. The first-order valence-corrected chi connectivity index (χ1v) is 11.3. The number of rotatable bonds is 5. The number of thiophene rings is 1. The molecule has 0 spiro atoms. The summed E-state index contributed by atoms with van der Waals surface area (Å²) in [4.78, 5) is 14.2. The lowest BCUT2D eigenvalue weighted by molar-refractivity contribution is -0.125. The molecule has 7 nitrogen and oxygen atoms in total. The van der Waals surface area contributed by atoms with Crippen LogP contribution < -0.4 is 16.2 Å². The van der Waals surface area contributed by atoms with Crippen molar-refractivity contribution < 1.29 is 13.2 Å². The largest absolute Gasteiger partial charge is 0.338 e. The van der Waals surface area contributed by atoms with Crippen molar-refractivity contribution in [3.05, 3.63) is 52.7 Å². The SMILES string of the molecule is O=C(NC1CC(c2cccs2)NN1)C1CCCN1S(=O)(=O)c1ccccc1. The molecule has 3 heterocycles. The zero-order valence-electron chi connectivity index (χ0n) is 14.7. The van der Waals surface area contributed by atoms with Crippen LogP contribution in [0.3, 0.4) is 0 Å². The van der Waals surface area contributed by atoms with E-state index in [1.807, 2.05) is 11.4 Å². The van der Waals surface area contributed by atoms with Gasteiger partial charge in [-0.05, 0) is 36.4 Å². The van der Waals surface area contributed by atoms with Crippen LogP contribution in [0.15, 0.2) is 52.7 Å². The minimum Gasteiger partial charge on any atom is -0.338 e. The molecular formula is C18H22N4O3S2. The first-order valence-electron chi connectivity index (χ1n) is 8.97. The minimum atomic E-state index is -3.67. The maximum Gasteiger partial charge on any atom is 0.243 e. The van der Waals surface area contributed by atoms with Crippen LogP contribution in [0.4, 0.5) is 0 Å². The van der Waals surface area contributed by atoms with Crippen molar-refractivity contribution >= 4 is 27.3 Å². The first kappa shape index (κ1) is 18.6. The van der Waals surface area contributed by atoms with Crippen molar-refractivity contribution in [2.75, 3.05) is 6.54 Å². The topological polar surface area (TPSA) is 90.5 Å². The zero-order chi connectivity index (χ0) is 18.9. The van der Waals surface area contributed by atoms with Gasteiger partial charge < -0.3 is 5.32 Å². The number of hydrazine groups is 1. The quantitative estimate of drug-likeness (QED) is 0.701. The lowest BCUT2D eigenvalue weighted by atomic mass is 10.1. The molecule has 4 rings (SSSR count). The predicted molar refractivity (Wildman–Crippen MR) is 103 cm³/mol. The Kier molecular flexibility index (Phi) is 5.29. The molecule has 2 aliphatic heterocycles. The second-order valence-corrected chi connectivity index (χ2v) is 9.61. The van der Waals surface area contributed by atoms with Gasteiger partial charge in [0.15, 0.2) is 0 Å². The van der Waals surface area contributed by atoms with E-state index < -0.39 is 16.1 Å². The summed E-state index contributed by atoms with van der Waals surface area (Å²) in [6, 6.07) is 11.8. The van der Waals surface area contributed by atoms with Crippen molar-refractivity contribution in [2.45, 2.75) is 42.4 Å². The lowest BCUT2D eigenvalue weighted by Crippen LogP contribution is -2.52. The third-order valence-corrected chi connectivity index (χ3v) is 7.87. The Labute approximate surface area is 162 Å². The van der Waals surface area contributed by atoms with Crippen LogP contribution in [0.5, 0.6) is 0 Å².